The van der Waals surface area contributed by atoms with Crippen LogP contribution in [0.15, 0.2) is 77.8 Å². The van der Waals surface area contributed by atoms with Crippen LogP contribution in [0.5, 0.6) is 5.75 Å². The van der Waals surface area contributed by atoms with Crippen LogP contribution in [-0.2, 0) is 16.3 Å². The van der Waals surface area contributed by atoms with Crippen LogP contribution in [0.25, 0.3) is 16.9 Å². The van der Waals surface area contributed by atoms with Gasteiger partial charge in [-0.3, -0.25) is 4.40 Å². The lowest BCUT2D eigenvalue weighted by Crippen LogP contribution is -2.27. The molecule has 0 aliphatic heterocycles. The van der Waals surface area contributed by atoms with Crippen LogP contribution in [0.2, 0.25) is 0 Å². The van der Waals surface area contributed by atoms with E-state index in [4.69, 9.17) is 4.18 Å². The number of hydrogen-bond donors (Lipinski definition) is 1. The SMILES string of the molecule is CC(C)(C)Nc1c(-c2cccc(OS(=O)(=O)c3cccc(C(F)(F)F)c3)c2)nc2ccccn12. The number of halogens is 3. The van der Waals surface area contributed by atoms with E-state index in [2.05, 4.69) is 10.3 Å². The van der Waals surface area contributed by atoms with Crippen LogP contribution in [0, 0.1) is 0 Å². The zero-order valence-corrected chi connectivity index (χ0v) is 19.4. The molecule has 178 valence electrons. The molecule has 0 fully saturated rings. The summed E-state index contributed by atoms with van der Waals surface area (Å²) in [7, 11) is -4.50. The zero-order valence-electron chi connectivity index (χ0n) is 18.6. The molecule has 0 saturated carbocycles. The average Bonchev–Trinajstić information content (AvgIpc) is 3.10. The van der Waals surface area contributed by atoms with Gasteiger partial charge in [-0.25, -0.2) is 4.98 Å². The van der Waals surface area contributed by atoms with Gasteiger partial charge in [0.25, 0.3) is 0 Å². The number of imidazole rings is 1. The van der Waals surface area contributed by atoms with E-state index in [1.54, 1.807) is 12.1 Å². The minimum atomic E-state index is -4.68. The quantitative estimate of drug-likeness (QED) is 0.348. The van der Waals surface area contributed by atoms with Crippen molar-refractivity contribution in [2.45, 2.75) is 37.4 Å². The summed E-state index contributed by atoms with van der Waals surface area (Å²) in [6, 6.07) is 15.2. The second kappa shape index (κ2) is 8.35. The van der Waals surface area contributed by atoms with E-state index in [9.17, 15) is 21.6 Å². The number of nitrogens with one attached hydrogen (secondary N) is 1. The van der Waals surface area contributed by atoms with E-state index in [1.165, 1.54) is 12.1 Å². The molecule has 0 atom stereocenters. The van der Waals surface area contributed by atoms with Crippen molar-refractivity contribution >= 4 is 21.6 Å². The first kappa shape index (κ1) is 23.6. The predicted octanol–water partition coefficient (Wildman–Crippen LogP) is 6.00. The van der Waals surface area contributed by atoms with Crippen molar-refractivity contribution < 1.29 is 25.8 Å². The first-order chi connectivity index (χ1) is 15.8. The standard InChI is InChI=1S/C24H22F3N3O3S/c1-23(2,3)29-22-21(28-20-12-4-5-13-30(20)22)16-8-6-10-18(14-16)33-34(31,32)19-11-7-9-17(15-19)24(25,26)27/h4-15,29H,1-3H3. The van der Waals surface area contributed by atoms with E-state index >= 15 is 0 Å². The van der Waals surface area contributed by atoms with Crippen molar-refractivity contribution in [3.8, 4) is 17.0 Å². The third kappa shape index (κ3) is 5.01. The molecule has 1 N–H and O–H groups in total. The lowest BCUT2D eigenvalue weighted by Gasteiger charge is -2.22. The fraction of sp³-hybridized carbons (Fsp3) is 0.208. The molecule has 10 heteroatoms. The van der Waals surface area contributed by atoms with Crippen LogP contribution in [0.1, 0.15) is 26.3 Å². The summed E-state index contributed by atoms with van der Waals surface area (Å²) >= 11 is 0. The van der Waals surface area contributed by atoms with E-state index in [0.29, 0.717) is 28.8 Å². The van der Waals surface area contributed by atoms with E-state index in [0.717, 1.165) is 18.2 Å². The van der Waals surface area contributed by atoms with Gasteiger partial charge in [0.15, 0.2) is 0 Å². The minimum Gasteiger partial charge on any atom is -0.379 e. The maximum Gasteiger partial charge on any atom is 0.416 e. The van der Waals surface area contributed by atoms with Gasteiger partial charge in [0.1, 0.15) is 27.8 Å². The van der Waals surface area contributed by atoms with Crippen molar-refractivity contribution in [3.63, 3.8) is 0 Å². The maximum absolute atomic E-state index is 13.0. The molecular weight excluding hydrogens is 467 g/mol. The number of anilines is 1. The van der Waals surface area contributed by atoms with Gasteiger partial charge in [-0.15, -0.1) is 0 Å². The van der Waals surface area contributed by atoms with Gasteiger partial charge >= 0.3 is 16.3 Å². The highest BCUT2D eigenvalue weighted by atomic mass is 32.2. The van der Waals surface area contributed by atoms with Crippen molar-refractivity contribution in [1.29, 1.82) is 0 Å². The normalized spacial score (nSPS) is 12.6. The van der Waals surface area contributed by atoms with Gasteiger partial charge in [0.2, 0.25) is 0 Å². The lowest BCUT2D eigenvalue weighted by atomic mass is 10.1. The highest BCUT2D eigenvalue weighted by molar-refractivity contribution is 7.87. The van der Waals surface area contributed by atoms with Crippen molar-refractivity contribution in [2.24, 2.45) is 0 Å². The number of rotatable bonds is 5. The average molecular weight is 490 g/mol. The molecular formula is C24H22F3N3O3S. The number of fused-ring (bicyclic) bond motifs is 1. The van der Waals surface area contributed by atoms with Crippen LogP contribution < -0.4 is 9.50 Å². The molecule has 0 spiro atoms. The van der Waals surface area contributed by atoms with E-state index in [1.807, 2.05) is 49.6 Å². The Morgan fingerprint density at radius 2 is 1.68 bits per heavy atom. The van der Waals surface area contributed by atoms with Crippen molar-refractivity contribution in [2.75, 3.05) is 5.32 Å². The molecule has 4 rings (SSSR count). The molecule has 0 bridgehead atoms. The number of pyridine rings is 1. The molecule has 0 saturated heterocycles. The predicted molar refractivity (Wildman–Crippen MR) is 123 cm³/mol. The van der Waals surface area contributed by atoms with E-state index in [-0.39, 0.29) is 11.3 Å². The number of alkyl halides is 3. The van der Waals surface area contributed by atoms with Gasteiger partial charge in [0, 0.05) is 17.3 Å². The highest BCUT2D eigenvalue weighted by Gasteiger charge is 2.32. The summed E-state index contributed by atoms with van der Waals surface area (Å²) in [5.41, 5.74) is 0.470. The molecule has 0 amide bonds. The van der Waals surface area contributed by atoms with Crippen LogP contribution in [-0.4, -0.2) is 23.3 Å². The number of benzene rings is 2. The number of hydrogen-bond acceptors (Lipinski definition) is 5. The highest BCUT2D eigenvalue weighted by Crippen LogP contribution is 2.34. The monoisotopic (exact) mass is 489 g/mol. The Labute approximate surface area is 195 Å². The Morgan fingerprint density at radius 1 is 0.941 bits per heavy atom. The molecule has 34 heavy (non-hydrogen) atoms. The zero-order chi connectivity index (χ0) is 24.7. The second-order valence-electron chi connectivity index (χ2n) is 8.70. The molecule has 0 radical (unpaired) electrons. The second-order valence-corrected chi connectivity index (χ2v) is 10.3. The fourth-order valence-corrected chi connectivity index (χ4v) is 4.34. The molecule has 0 unspecified atom stereocenters. The first-order valence-electron chi connectivity index (χ1n) is 10.3. The Kier molecular flexibility index (Phi) is 5.80. The van der Waals surface area contributed by atoms with Gasteiger partial charge in [0.05, 0.1) is 5.56 Å². The van der Waals surface area contributed by atoms with Gasteiger partial charge in [-0.05, 0) is 63.2 Å². The first-order valence-corrected chi connectivity index (χ1v) is 11.7. The lowest BCUT2D eigenvalue weighted by molar-refractivity contribution is -0.137. The molecule has 2 heterocycles. The Bertz CT molecular complexity index is 1460. The summed E-state index contributed by atoms with van der Waals surface area (Å²) in [4.78, 5) is 4.08. The van der Waals surface area contributed by atoms with Crippen molar-refractivity contribution in [3.05, 3.63) is 78.5 Å². The molecule has 0 aliphatic rings. The summed E-state index contributed by atoms with van der Waals surface area (Å²) in [5, 5.41) is 3.42. The summed E-state index contributed by atoms with van der Waals surface area (Å²) in [5.74, 6) is 0.662. The Balaban J connectivity index is 1.73. The largest absolute Gasteiger partial charge is 0.416 e. The number of aromatic nitrogens is 2. The summed E-state index contributed by atoms with van der Waals surface area (Å²) in [6.45, 7) is 6.00. The third-order valence-corrected chi connectivity index (χ3v) is 6.03. The van der Waals surface area contributed by atoms with Gasteiger partial charge in [-0.1, -0.05) is 24.3 Å². The smallest absolute Gasteiger partial charge is 0.379 e. The molecule has 6 nitrogen and oxygen atoms in total. The Hall–Kier alpha value is -3.53. The van der Waals surface area contributed by atoms with Gasteiger partial charge in [-0.2, -0.15) is 21.6 Å². The molecule has 0 aliphatic carbocycles. The van der Waals surface area contributed by atoms with Crippen LogP contribution in [0.4, 0.5) is 19.0 Å². The molecule has 2 aromatic heterocycles. The summed E-state index contributed by atoms with van der Waals surface area (Å²) in [6.07, 6.45) is -2.82. The van der Waals surface area contributed by atoms with Crippen molar-refractivity contribution in [1.82, 2.24) is 9.38 Å². The Morgan fingerprint density at radius 3 is 2.38 bits per heavy atom. The van der Waals surface area contributed by atoms with Crippen LogP contribution in [0.3, 0.4) is 0 Å². The molecule has 2 aromatic carbocycles. The van der Waals surface area contributed by atoms with E-state index < -0.39 is 26.8 Å². The topological polar surface area (TPSA) is 72.7 Å². The molecule has 4 aromatic rings. The van der Waals surface area contributed by atoms with Crippen LogP contribution >= 0.6 is 0 Å². The third-order valence-electron chi connectivity index (χ3n) is 4.79. The fourth-order valence-electron chi connectivity index (χ4n) is 3.37. The summed E-state index contributed by atoms with van der Waals surface area (Å²) < 4.78 is 71.5. The number of nitrogens with zero attached hydrogens (tertiary/aromatic N) is 2. The minimum absolute atomic E-state index is 0.0475. The van der Waals surface area contributed by atoms with Gasteiger partial charge < -0.3 is 9.50 Å². The maximum atomic E-state index is 13.0.